The monoisotopic (exact) mass is 301 g/mol. The first-order valence-corrected chi connectivity index (χ1v) is 7.90. The summed E-state index contributed by atoms with van der Waals surface area (Å²) in [5.41, 5.74) is 3.31. The molecular weight excluding hydrogens is 281 g/mol. The van der Waals surface area contributed by atoms with Gasteiger partial charge in [0, 0.05) is 25.2 Å². The van der Waals surface area contributed by atoms with E-state index in [9.17, 15) is 9.50 Å². The van der Waals surface area contributed by atoms with Gasteiger partial charge in [0.2, 0.25) is 0 Å². The second-order valence-corrected chi connectivity index (χ2v) is 6.46. The highest BCUT2D eigenvalue weighted by atomic mass is 19.1. The maximum absolute atomic E-state index is 13.2. The minimum Gasteiger partial charge on any atom is -0.393 e. The van der Waals surface area contributed by atoms with Crippen molar-refractivity contribution in [3.63, 3.8) is 0 Å². The van der Waals surface area contributed by atoms with Crippen LogP contribution in [0.5, 0.6) is 0 Å². The van der Waals surface area contributed by atoms with Gasteiger partial charge < -0.3 is 10.1 Å². The van der Waals surface area contributed by atoms with E-state index in [1.807, 2.05) is 12.1 Å². The first-order chi connectivity index (χ1) is 10.7. The number of nitrogens with one attached hydrogen (secondary N) is 1. The van der Waals surface area contributed by atoms with Crippen LogP contribution in [0.25, 0.3) is 0 Å². The van der Waals surface area contributed by atoms with Gasteiger partial charge >= 0.3 is 0 Å². The fourth-order valence-corrected chi connectivity index (χ4v) is 3.72. The number of rotatable bonds is 3. The number of H-pyrrole nitrogens is 1. The van der Waals surface area contributed by atoms with Crippen molar-refractivity contribution in [2.45, 2.75) is 31.4 Å². The third-order valence-corrected chi connectivity index (χ3v) is 4.91. The number of fused-ring (bicyclic) bond motifs is 1. The molecule has 2 N–H and O–H groups in total. The van der Waals surface area contributed by atoms with Gasteiger partial charge in [-0.25, -0.2) is 9.37 Å². The van der Waals surface area contributed by atoms with Crippen molar-refractivity contribution in [3.8, 4) is 0 Å². The lowest BCUT2D eigenvalue weighted by Crippen LogP contribution is -2.43. The lowest BCUT2D eigenvalue weighted by Gasteiger charge is -2.41. The fraction of sp³-hybridized carbons (Fsp3) is 0.471. The van der Waals surface area contributed by atoms with Crippen LogP contribution in [0.4, 0.5) is 4.39 Å². The minimum atomic E-state index is -0.213. The van der Waals surface area contributed by atoms with Crippen LogP contribution in [0.15, 0.2) is 30.6 Å². The van der Waals surface area contributed by atoms with Gasteiger partial charge in [0.1, 0.15) is 5.82 Å². The quantitative estimate of drug-likeness (QED) is 0.914. The summed E-state index contributed by atoms with van der Waals surface area (Å²) in [7, 11) is 0. The number of aromatic amines is 1. The summed E-state index contributed by atoms with van der Waals surface area (Å²) in [6.07, 6.45) is 4.36. The van der Waals surface area contributed by atoms with E-state index in [-0.39, 0.29) is 18.0 Å². The average Bonchev–Trinajstić information content (AvgIpc) is 2.95. The third-order valence-electron chi connectivity index (χ3n) is 4.91. The Labute approximate surface area is 129 Å². The van der Waals surface area contributed by atoms with Gasteiger partial charge in [0.05, 0.1) is 24.2 Å². The molecule has 1 aromatic carbocycles. The number of benzene rings is 1. The molecule has 1 aliphatic heterocycles. The second-order valence-electron chi connectivity index (χ2n) is 6.46. The summed E-state index contributed by atoms with van der Waals surface area (Å²) >= 11 is 0. The van der Waals surface area contributed by atoms with Gasteiger partial charge in [-0.3, -0.25) is 4.90 Å². The molecule has 0 bridgehead atoms. The molecule has 4 nitrogen and oxygen atoms in total. The van der Waals surface area contributed by atoms with Crippen molar-refractivity contribution < 1.29 is 9.50 Å². The molecule has 0 amide bonds. The zero-order valence-corrected chi connectivity index (χ0v) is 12.4. The van der Waals surface area contributed by atoms with Gasteiger partial charge in [-0.1, -0.05) is 12.1 Å². The maximum Gasteiger partial charge on any atom is 0.123 e. The molecule has 0 spiro atoms. The molecule has 1 fully saturated rings. The molecule has 22 heavy (non-hydrogen) atoms. The zero-order chi connectivity index (χ0) is 15.1. The van der Waals surface area contributed by atoms with Crippen LogP contribution < -0.4 is 0 Å². The van der Waals surface area contributed by atoms with E-state index in [2.05, 4.69) is 14.9 Å². The molecule has 1 saturated carbocycles. The van der Waals surface area contributed by atoms with E-state index >= 15 is 0 Å². The highest BCUT2D eigenvalue weighted by Crippen LogP contribution is 2.36. The van der Waals surface area contributed by atoms with Crippen molar-refractivity contribution in [3.05, 3.63) is 53.4 Å². The smallest absolute Gasteiger partial charge is 0.123 e. The van der Waals surface area contributed by atoms with Crippen LogP contribution in [0, 0.1) is 11.7 Å². The van der Waals surface area contributed by atoms with Gasteiger partial charge in [0.25, 0.3) is 0 Å². The number of hydrogen-bond donors (Lipinski definition) is 2. The largest absolute Gasteiger partial charge is 0.393 e. The number of nitrogens with zero attached hydrogens (tertiary/aromatic N) is 2. The molecule has 1 aliphatic carbocycles. The first kappa shape index (κ1) is 13.9. The van der Waals surface area contributed by atoms with Crippen molar-refractivity contribution >= 4 is 0 Å². The topological polar surface area (TPSA) is 52.1 Å². The lowest BCUT2D eigenvalue weighted by atomic mass is 9.81. The number of aliphatic hydroxyl groups excluding tert-OH is 1. The van der Waals surface area contributed by atoms with Gasteiger partial charge in [-0.15, -0.1) is 0 Å². The fourth-order valence-electron chi connectivity index (χ4n) is 3.72. The molecule has 116 valence electrons. The average molecular weight is 301 g/mol. The first-order valence-electron chi connectivity index (χ1n) is 7.90. The van der Waals surface area contributed by atoms with Crippen molar-refractivity contribution in [1.29, 1.82) is 0 Å². The highest BCUT2D eigenvalue weighted by Gasteiger charge is 2.35. The molecule has 0 radical (unpaired) electrons. The third kappa shape index (κ3) is 2.44. The Morgan fingerprint density at radius 3 is 2.77 bits per heavy atom. The Morgan fingerprint density at radius 1 is 1.27 bits per heavy atom. The number of aliphatic hydroxyl groups is 1. The van der Waals surface area contributed by atoms with E-state index in [0.29, 0.717) is 5.92 Å². The number of aromatic nitrogens is 2. The Hall–Kier alpha value is -1.72. The number of halogens is 1. The highest BCUT2D eigenvalue weighted by molar-refractivity contribution is 5.32. The van der Waals surface area contributed by atoms with Crippen LogP contribution in [-0.4, -0.2) is 39.2 Å². The normalized spacial score (nSPS) is 28.2. The summed E-state index contributed by atoms with van der Waals surface area (Å²) in [6.45, 7) is 1.93. The van der Waals surface area contributed by atoms with Crippen LogP contribution >= 0.6 is 0 Å². The van der Waals surface area contributed by atoms with Crippen molar-refractivity contribution in [1.82, 2.24) is 14.9 Å². The molecular formula is C17H20FN3O. The molecule has 1 unspecified atom stereocenters. The number of hydrogen-bond acceptors (Lipinski definition) is 3. The molecule has 1 atom stereocenters. The molecule has 2 heterocycles. The second kappa shape index (κ2) is 5.48. The molecule has 2 aromatic rings. The SMILES string of the molecule is OC1CC(CN2CCc3[nH]cnc3C2c2ccc(F)cc2)C1. The van der Waals surface area contributed by atoms with Crippen LogP contribution in [-0.2, 0) is 6.42 Å². The predicted molar refractivity (Wildman–Crippen MR) is 80.8 cm³/mol. The molecule has 0 saturated heterocycles. The molecule has 2 aliphatic rings. The van der Waals surface area contributed by atoms with E-state index in [0.717, 1.165) is 43.6 Å². The van der Waals surface area contributed by atoms with Crippen molar-refractivity contribution in [2.75, 3.05) is 13.1 Å². The predicted octanol–water partition coefficient (Wildman–Crippen LogP) is 2.27. The van der Waals surface area contributed by atoms with Gasteiger partial charge in [0.15, 0.2) is 0 Å². The number of imidazole rings is 1. The van der Waals surface area contributed by atoms with Crippen LogP contribution in [0.3, 0.4) is 0 Å². The summed E-state index contributed by atoms with van der Waals surface area (Å²) in [6, 6.07) is 6.82. The lowest BCUT2D eigenvalue weighted by molar-refractivity contribution is 0.0177. The van der Waals surface area contributed by atoms with Crippen LogP contribution in [0.1, 0.15) is 35.8 Å². The molecule has 1 aromatic heterocycles. The van der Waals surface area contributed by atoms with E-state index in [4.69, 9.17) is 0 Å². The van der Waals surface area contributed by atoms with E-state index in [1.165, 1.54) is 17.8 Å². The summed E-state index contributed by atoms with van der Waals surface area (Å²) < 4.78 is 13.2. The zero-order valence-electron chi connectivity index (χ0n) is 12.4. The Bertz CT molecular complexity index is 648. The Kier molecular flexibility index (Phi) is 3.47. The Morgan fingerprint density at radius 2 is 2.05 bits per heavy atom. The summed E-state index contributed by atoms with van der Waals surface area (Å²) in [4.78, 5) is 10.2. The summed E-state index contributed by atoms with van der Waals surface area (Å²) in [5, 5.41) is 9.51. The van der Waals surface area contributed by atoms with Crippen molar-refractivity contribution in [2.24, 2.45) is 5.92 Å². The molecule has 5 heteroatoms. The van der Waals surface area contributed by atoms with Gasteiger partial charge in [-0.2, -0.15) is 0 Å². The summed E-state index contributed by atoms with van der Waals surface area (Å²) in [5.74, 6) is 0.342. The Balaban J connectivity index is 1.64. The van der Waals surface area contributed by atoms with Gasteiger partial charge in [-0.05, 0) is 36.5 Å². The van der Waals surface area contributed by atoms with E-state index < -0.39 is 0 Å². The molecule has 4 rings (SSSR count). The van der Waals surface area contributed by atoms with Crippen LogP contribution in [0.2, 0.25) is 0 Å². The van der Waals surface area contributed by atoms with E-state index in [1.54, 1.807) is 6.33 Å². The maximum atomic E-state index is 13.2. The standard InChI is InChI=1S/C17H20FN3O/c18-13-3-1-12(2-4-13)17-16-15(19-10-20-16)5-6-21(17)9-11-7-14(22)8-11/h1-4,10-11,14,17,22H,5-9H2,(H,19,20). The minimum absolute atomic E-state index is 0.0772.